The van der Waals surface area contributed by atoms with Gasteiger partial charge in [-0.15, -0.1) is 0 Å². The Bertz CT molecular complexity index is 258. The Morgan fingerprint density at radius 1 is 1.67 bits per heavy atom. The standard InChI is InChI=1S/C9H17N3O2S/c1-15-6-8(13)12-5-3-2-4-7(12)9(10)11-14/h7,14H,2-6H2,1H3,(H2,10,11). The second-order valence-corrected chi connectivity index (χ2v) is 4.42. The van der Waals surface area contributed by atoms with Crippen molar-refractivity contribution in [3.8, 4) is 0 Å². The van der Waals surface area contributed by atoms with Gasteiger partial charge in [0.15, 0.2) is 5.84 Å². The number of oxime groups is 1. The molecule has 0 spiro atoms. The Hall–Kier alpha value is -0.910. The third-order valence-electron chi connectivity index (χ3n) is 2.55. The molecule has 0 saturated carbocycles. The third-order valence-corrected chi connectivity index (χ3v) is 3.08. The van der Waals surface area contributed by atoms with Crippen LogP contribution < -0.4 is 5.73 Å². The molecule has 0 aromatic carbocycles. The average molecular weight is 231 g/mol. The van der Waals surface area contributed by atoms with Crippen LogP contribution in [0, 0.1) is 0 Å². The molecule has 3 N–H and O–H groups in total. The van der Waals surface area contributed by atoms with Gasteiger partial charge in [-0.2, -0.15) is 11.8 Å². The number of hydrogen-bond donors (Lipinski definition) is 2. The fourth-order valence-electron chi connectivity index (χ4n) is 1.81. The fraction of sp³-hybridized carbons (Fsp3) is 0.778. The van der Waals surface area contributed by atoms with Gasteiger partial charge in [0.05, 0.1) is 11.8 Å². The first-order valence-corrected chi connectivity index (χ1v) is 6.36. The lowest BCUT2D eigenvalue weighted by Crippen LogP contribution is -2.51. The molecule has 0 aliphatic carbocycles. The normalized spacial score (nSPS) is 22.9. The van der Waals surface area contributed by atoms with Crippen molar-refractivity contribution < 1.29 is 10.0 Å². The molecule has 1 saturated heterocycles. The predicted octanol–water partition coefficient (Wildman–Crippen LogP) is 0.477. The highest BCUT2D eigenvalue weighted by atomic mass is 32.2. The number of likely N-dealkylation sites (tertiary alicyclic amines) is 1. The number of amidine groups is 1. The van der Waals surface area contributed by atoms with Gasteiger partial charge in [-0.25, -0.2) is 0 Å². The van der Waals surface area contributed by atoms with Gasteiger partial charge in [-0.1, -0.05) is 5.16 Å². The van der Waals surface area contributed by atoms with E-state index >= 15 is 0 Å². The zero-order valence-corrected chi connectivity index (χ0v) is 9.66. The van der Waals surface area contributed by atoms with Crippen LogP contribution in [-0.2, 0) is 4.79 Å². The van der Waals surface area contributed by atoms with Crippen LogP contribution >= 0.6 is 11.8 Å². The Labute approximate surface area is 93.7 Å². The number of hydrogen-bond acceptors (Lipinski definition) is 4. The molecule has 1 fully saturated rings. The number of rotatable bonds is 3. The van der Waals surface area contributed by atoms with E-state index < -0.39 is 0 Å². The molecule has 6 heteroatoms. The maximum Gasteiger partial charge on any atom is 0.233 e. The van der Waals surface area contributed by atoms with Crippen molar-refractivity contribution in [3.05, 3.63) is 0 Å². The fourth-order valence-corrected chi connectivity index (χ4v) is 2.22. The Kier molecular flexibility index (Phi) is 4.74. The minimum atomic E-state index is -0.219. The molecule has 1 unspecified atom stereocenters. The topological polar surface area (TPSA) is 78.9 Å². The average Bonchev–Trinajstić information content (AvgIpc) is 2.28. The van der Waals surface area contributed by atoms with Gasteiger partial charge in [-0.3, -0.25) is 4.79 Å². The highest BCUT2D eigenvalue weighted by molar-refractivity contribution is 7.99. The van der Waals surface area contributed by atoms with Crippen LogP contribution in [0.2, 0.25) is 0 Å². The predicted molar refractivity (Wildman–Crippen MR) is 61.1 cm³/mol. The van der Waals surface area contributed by atoms with Crippen molar-refractivity contribution in [2.45, 2.75) is 25.3 Å². The van der Waals surface area contributed by atoms with E-state index in [1.165, 1.54) is 11.8 Å². The van der Waals surface area contributed by atoms with Crippen molar-refractivity contribution in [1.29, 1.82) is 0 Å². The van der Waals surface area contributed by atoms with Crippen LogP contribution in [0.25, 0.3) is 0 Å². The van der Waals surface area contributed by atoms with E-state index in [2.05, 4.69) is 5.16 Å². The molecule has 1 aliphatic rings. The number of thioether (sulfide) groups is 1. The summed E-state index contributed by atoms with van der Waals surface area (Å²) < 4.78 is 0. The number of carbonyl (C=O) groups is 1. The molecule has 86 valence electrons. The number of nitrogens with two attached hydrogens (primary N) is 1. The van der Waals surface area contributed by atoms with E-state index in [1.54, 1.807) is 4.90 Å². The minimum absolute atomic E-state index is 0.0683. The lowest BCUT2D eigenvalue weighted by molar-refractivity contribution is -0.130. The molecule has 5 nitrogen and oxygen atoms in total. The van der Waals surface area contributed by atoms with Crippen LogP contribution in [0.1, 0.15) is 19.3 Å². The van der Waals surface area contributed by atoms with Gasteiger partial charge < -0.3 is 15.8 Å². The van der Waals surface area contributed by atoms with E-state index in [0.717, 1.165) is 19.3 Å². The summed E-state index contributed by atoms with van der Waals surface area (Å²) >= 11 is 1.49. The smallest absolute Gasteiger partial charge is 0.233 e. The summed E-state index contributed by atoms with van der Waals surface area (Å²) in [4.78, 5) is 13.5. The third kappa shape index (κ3) is 3.02. The molecular weight excluding hydrogens is 214 g/mol. The molecule has 1 amide bonds. The van der Waals surface area contributed by atoms with Crippen molar-refractivity contribution >= 4 is 23.5 Å². The first kappa shape index (κ1) is 12.2. The number of amides is 1. The number of nitrogens with zero attached hydrogens (tertiary/aromatic N) is 2. The molecule has 1 heterocycles. The summed E-state index contributed by atoms with van der Waals surface area (Å²) in [6.07, 6.45) is 4.69. The van der Waals surface area contributed by atoms with Gasteiger partial charge in [-0.05, 0) is 25.5 Å². The van der Waals surface area contributed by atoms with Crippen LogP contribution in [-0.4, -0.2) is 46.4 Å². The van der Waals surface area contributed by atoms with Gasteiger partial charge in [0.1, 0.15) is 0 Å². The van der Waals surface area contributed by atoms with Crippen molar-refractivity contribution in [2.24, 2.45) is 10.9 Å². The molecule has 1 aliphatic heterocycles. The molecule has 1 atom stereocenters. The van der Waals surface area contributed by atoms with E-state index in [9.17, 15) is 4.79 Å². The Balaban J connectivity index is 2.69. The summed E-state index contributed by atoms with van der Waals surface area (Å²) in [5.74, 6) is 0.665. The maximum absolute atomic E-state index is 11.7. The first-order chi connectivity index (χ1) is 7.20. The minimum Gasteiger partial charge on any atom is -0.409 e. The second-order valence-electron chi connectivity index (χ2n) is 3.56. The van der Waals surface area contributed by atoms with Crippen molar-refractivity contribution in [1.82, 2.24) is 4.90 Å². The van der Waals surface area contributed by atoms with Gasteiger partial charge in [0, 0.05) is 6.54 Å². The quantitative estimate of drug-likeness (QED) is 0.320. The van der Waals surface area contributed by atoms with Gasteiger partial charge in [0.2, 0.25) is 5.91 Å². The number of carbonyl (C=O) groups excluding carboxylic acids is 1. The summed E-state index contributed by atoms with van der Waals surface area (Å²) in [5.41, 5.74) is 5.57. The lowest BCUT2D eigenvalue weighted by Gasteiger charge is -2.34. The highest BCUT2D eigenvalue weighted by Gasteiger charge is 2.29. The maximum atomic E-state index is 11.7. The van der Waals surface area contributed by atoms with Crippen molar-refractivity contribution in [3.63, 3.8) is 0 Å². The van der Waals surface area contributed by atoms with Crippen LogP contribution in [0.4, 0.5) is 0 Å². The molecule has 0 radical (unpaired) electrons. The summed E-state index contributed by atoms with van der Waals surface area (Å²) in [5, 5.41) is 11.6. The second kappa shape index (κ2) is 5.85. The summed E-state index contributed by atoms with van der Waals surface area (Å²) in [7, 11) is 0. The lowest BCUT2D eigenvalue weighted by atomic mass is 10.0. The largest absolute Gasteiger partial charge is 0.409 e. The Morgan fingerprint density at radius 3 is 3.00 bits per heavy atom. The van der Waals surface area contributed by atoms with Crippen LogP contribution in [0.15, 0.2) is 5.16 Å². The van der Waals surface area contributed by atoms with Gasteiger partial charge >= 0.3 is 0 Å². The molecule has 0 bridgehead atoms. The van der Waals surface area contributed by atoms with Crippen LogP contribution in [0.5, 0.6) is 0 Å². The molecular formula is C9H17N3O2S. The molecule has 15 heavy (non-hydrogen) atoms. The SMILES string of the molecule is CSCC(=O)N1CCCCC1C(N)=NO. The van der Waals surface area contributed by atoms with Gasteiger partial charge in [0.25, 0.3) is 0 Å². The van der Waals surface area contributed by atoms with E-state index in [4.69, 9.17) is 10.9 Å². The highest BCUT2D eigenvalue weighted by Crippen LogP contribution is 2.18. The first-order valence-electron chi connectivity index (χ1n) is 4.96. The van der Waals surface area contributed by atoms with Crippen molar-refractivity contribution in [2.75, 3.05) is 18.6 Å². The zero-order valence-electron chi connectivity index (χ0n) is 8.85. The molecule has 0 aromatic rings. The monoisotopic (exact) mass is 231 g/mol. The Morgan fingerprint density at radius 2 is 2.40 bits per heavy atom. The molecule has 1 rings (SSSR count). The zero-order chi connectivity index (χ0) is 11.3. The van der Waals surface area contributed by atoms with E-state index in [1.807, 2.05) is 6.26 Å². The van der Waals surface area contributed by atoms with E-state index in [-0.39, 0.29) is 17.8 Å². The summed E-state index contributed by atoms with van der Waals surface area (Å²) in [6.45, 7) is 0.709. The van der Waals surface area contributed by atoms with E-state index in [0.29, 0.717) is 12.3 Å². The number of piperidine rings is 1. The molecule has 0 aromatic heterocycles. The van der Waals surface area contributed by atoms with Crippen LogP contribution in [0.3, 0.4) is 0 Å². The summed E-state index contributed by atoms with van der Waals surface area (Å²) in [6, 6.07) is -0.219.